The van der Waals surface area contributed by atoms with Crippen LogP contribution in [0.2, 0.25) is 0 Å². The van der Waals surface area contributed by atoms with Crippen LogP contribution in [0.15, 0.2) is 17.2 Å². The van der Waals surface area contributed by atoms with Crippen LogP contribution >= 0.6 is 11.8 Å². The fourth-order valence-electron chi connectivity index (χ4n) is 4.50. The molecule has 0 bridgehead atoms. The van der Waals surface area contributed by atoms with Crippen LogP contribution in [-0.2, 0) is 4.79 Å². The largest absolute Gasteiger partial charge is 0.481 e. The van der Waals surface area contributed by atoms with Crippen molar-refractivity contribution in [2.45, 2.75) is 69.7 Å². The number of carbonyl (C=O) groups is 2. The maximum atomic E-state index is 12.9. The molecule has 0 aromatic carbocycles. The van der Waals surface area contributed by atoms with Crippen molar-refractivity contribution < 1.29 is 14.7 Å². The molecule has 3 rings (SSSR count). The van der Waals surface area contributed by atoms with Crippen molar-refractivity contribution in [2.24, 2.45) is 11.8 Å². The molecular formula is C23H35N3O3S. The molecule has 2 fully saturated rings. The number of aliphatic carboxylic acids is 1. The standard InChI is InChI=1S/C23H35N3O3S/c1-2-13-30-23-19(22(29)24-15-17-7-4-3-5-8-17)10-11-20(25-23)26-12-6-9-18(16-26)14-21(27)28/h10-11,17-18H,2-9,12-16H2,1H3,(H,24,29)(H,27,28)/t18-/m0/s1. The van der Waals surface area contributed by atoms with E-state index in [-0.39, 0.29) is 18.2 Å². The van der Waals surface area contributed by atoms with Crippen LogP contribution in [0.3, 0.4) is 0 Å². The molecule has 1 amide bonds. The number of rotatable bonds is 9. The number of anilines is 1. The van der Waals surface area contributed by atoms with Gasteiger partial charge in [-0.15, -0.1) is 11.8 Å². The molecule has 30 heavy (non-hydrogen) atoms. The predicted octanol–water partition coefficient (Wildman–Crippen LogP) is 4.58. The third-order valence-corrected chi connectivity index (χ3v) is 7.31. The van der Waals surface area contributed by atoms with Crippen LogP contribution in [0.5, 0.6) is 0 Å². The average Bonchev–Trinajstić information content (AvgIpc) is 2.76. The first-order valence-electron chi connectivity index (χ1n) is 11.5. The monoisotopic (exact) mass is 433 g/mol. The van der Waals surface area contributed by atoms with Gasteiger partial charge in [0.05, 0.1) is 5.56 Å². The smallest absolute Gasteiger partial charge is 0.303 e. The molecule has 7 heteroatoms. The topological polar surface area (TPSA) is 82.5 Å². The van der Waals surface area contributed by atoms with Gasteiger partial charge in [0, 0.05) is 26.1 Å². The Morgan fingerprint density at radius 3 is 2.67 bits per heavy atom. The summed E-state index contributed by atoms with van der Waals surface area (Å²) in [4.78, 5) is 31.0. The van der Waals surface area contributed by atoms with E-state index in [1.54, 1.807) is 11.8 Å². The lowest BCUT2D eigenvalue weighted by atomic mass is 9.89. The zero-order valence-electron chi connectivity index (χ0n) is 18.1. The molecule has 6 nitrogen and oxygen atoms in total. The summed E-state index contributed by atoms with van der Waals surface area (Å²) < 4.78 is 0. The van der Waals surface area contributed by atoms with Gasteiger partial charge in [0.15, 0.2) is 0 Å². The second-order valence-electron chi connectivity index (χ2n) is 8.64. The molecule has 1 saturated heterocycles. The molecule has 1 aliphatic carbocycles. The zero-order valence-corrected chi connectivity index (χ0v) is 18.9. The maximum Gasteiger partial charge on any atom is 0.303 e. The lowest BCUT2D eigenvalue weighted by Crippen LogP contribution is -2.37. The molecule has 1 aliphatic heterocycles. The molecule has 1 aromatic heterocycles. The van der Waals surface area contributed by atoms with E-state index in [0.717, 1.165) is 48.9 Å². The van der Waals surface area contributed by atoms with Crippen molar-refractivity contribution in [3.8, 4) is 0 Å². The fraction of sp³-hybridized carbons (Fsp3) is 0.696. The Hall–Kier alpha value is -1.76. The van der Waals surface area contributed by atoms with Crippen molar-refractivity contribution >= 4 is 29.5 Å². The highest BCUT2D eigenvalue weighted by atomic mass is 32.2. The van der Waals surface area contributed by atoms with E-state index in [9.17, 15) is 9.59 Å². The molecule has 0 spiro atoms. The Kier molecular flexibility index (Phi) is 8.85. The van der Waals surface area contributed by atoms with Crippen molar-refractivity contribution in [3.05, 3.63) is 17.7 Å². The first kappa shape index (κ1) is 22.9. The maximum absolute atomic E-state index is 12.9. The summed E-state index contributed by atoms with van der Waals surface area (Å²) in [5.41, 5.74) is 0.659. The number of piperidine rings is 1. The SMILES string of the molecule is CCCSc1nc(N2CCC[C@@H](CC(=O)O)C2)ccc1C(=O)NCC1CCCCC1. The second-order valence-corrected chi connectivity index (χ2v) is 9.72. The molecule has 2 heterocycles. The van der Waals surface area contributed by atoms with E-state index in [0.29, 0.717) is 18.0 Å². The van der Waals surface area contributed by atoms with Crippen LogP contribution in [-0.4, -0.2) is 47.4 Å². The molecule has 0 radical (unpaired) electrons. The van der Waals surface area contributed by atoms with Gasteiger partial charge in [-0.25, -0.2) is 4.98 Å². The van der Waals surface area contributed by atoms with E-state index in [4.69, 9.17) is 10.1 Å². The number of nitrogens with one attached hydrogen (secondary N) is 1. The van der Waals surface area contributed by atoms with E-state index < -0.39 is 5.97 Å². The quantitative estimate of drug-likeness (QED) is 0.555. The summed E-state index contributed by atoms with van der Waals surface area (Å²) in [5.74, 6) is 1.76. The van der Waals surface area contributed by atoms with Crippen LogP contribution in [0.25, 0.3) is 0 Å². The van der Waals surface area contributed by atoms with Gasteiger partial charge in [0.1, 0.15) is 10.8 Å². The van der Waals surface area contributed by atoms with Gasteiger partial charge in [-0.05, 0) is 61.8 Å². The highest BCUT2D eigenvalue weighted by Crippen LogP contribution is 2.29. The van der Waals surface area contributed by atoms with Gasteiger partial charge in [0.25, 0.3) is 5.91 Å². The number of thioether (sulfide) groups is 1. The molecule has 1 saturated carbocycles. The highest BCUT2D eigenvalue weighted by molar-refractivity contribution is 7.99. The Labute approximate surface area is 184 Å². The first-order valence-corrected chi connectivity index (χ1v) is 12.4. The third-order valence-electron chi connectivity index (χ3n) is 6.12. The molecule has 166 valence electrons. The summed E-state index contributed by atoms with van der Waals surface area (Å²) in [6.45, 7) is 4.47. The van der Waals surface area contributed by atoms with Gasteiger partial charge in [-0.1, -0.05) is 26.2 Å². The van der Waals surface area contributed by atoms with Crippen molar-refractivity contribution in [1.29, 1.82) is 0 Å². The molecule has 1 aromatic rings. The van der Waals surface area contributed by atoms with Crippen LogP contribution in [0.4, 0.5) is 5.82 Å². The Bertz CT molecular complexity index is 722. The lowest BCUT2D eigenvalue weighted by molar-refractivity contribution is -0.138. The zero-order chi connectivity index (χ0) is 21.3. The molecule has 2 N–H and O–H groups in total. The number of amides is 1. The summed E-state index contributed by atoms with van der Waals surface area (Å²) in [6.07, 6.45) is 9.42. The van der Waals surface area contributed by atoms with Crippen molar-refractivity contribution in [1.82, 2.24) is 10.3 Å². The van der Waals surface area contributed by atoms with Gasteiger partial charge in [0.2, 0.25) is 0 Å². The Balaban J connectivity index is 1.69. The Morgan fingerprint density at radius 1 is 1.17 bits per heavy atom. The van der Waals surface area contributed by atoms with Crippen LogP contribution < -0.4 is 10.2 Å². The van der Waals surface area contributed by atoms with Crippen LogP contribution in [0.1, 0.15) is 75.1 Å². The first-order chi connectivity index (χ1) is 14.6. The summed E-state index contributed by atoms with van der Waals surface area (Å²) in [7, 11) is 0. The number of nitrogens with zero attached hydrogens (tertiary/aromatic N) is 2. The third kappa shape index (κ3) is 6.62. The molecule has 1 atom stereocenters. The second kappa shape index (κ2) is 11.6. The lowest BCUT2D eigenvalue weighted by Gasteiger charge is -2.33. The number of pyridine rings is 1. The summed E-state index contributed by atoms with van der Waals surface area (Å²) in [6, 6.07) is 3.83. The van der Waals surface area contributed by atoms with E-state index in [1.807, 2.05) is 12.1 Å². The highest BCUT2D eigenvalue weighted by Gasteiger charge is 2.24. The molecular weight excluding hydrogens is 398 g/mol. The molecule has 0 unspecified atom stereocenters. The normalized spacial score (nSPS) is 20.2. The number of aromatic nitrogens is 1. The average molecular weight is 434 g/mol. The predicted molar refractivity (Wildman–Crippen MR) is 121 cm³/mol. The minimum absolute atomic E-state index is 0.0272. The van der Waals surface area contributed by atoms with Crippen molar-refractivity contribution in [2.75, 3.05) is 30.3 Å². The van der Waals surface area contributed by atoms with Gasteiger partial charge in [-0.3, -0.25) is 9.59 Å². The van der Waals surface area contributed by atoms with E-state index in [2.05, 4.69) is 17.1 Å². The number of hydrogen-bond acceptors (Lipinski definition) is 5. The van der Waals surface area contributed by atoms with Gasteiger partial charge in [-0.2, -0.15) is 0 Å². The summed E-state index contributed by atoms with van der Waals surface area (Å²) >= 11 is 1.63. The Morgan fingerprint density at radius 2 is 1.93 bits per heavy atom. The summed E-state index contributed by atoms with van der Waals surface area (Å²) in [5, 5.41) is 13.1. The van der Waals surface area contributed by atoms with E-state index in [1.165, 1.54) is 32.1 Å². The van der Waals surface area contributed by atoms with Crippen LogP contribution in [0, 0.1) is 11.8 Å². The number of carbonyl (C=O) groups excluding carboxylic acids is 1. The fourth-order valence-corrected chi connectivity index (χ4v) is 5.37. The number of carboxylic acid groups (broad SMARTS) is 1. The minimum Gasteiger partial charge on any atom is -0.481 e. The molecule has 2 aliphatic rings. The minimum atomic E-state index is -0.737. The van der Waals surface area contributed by atoms with Gasteiger partial charge >= 0.3 is 5.97 Å². The van der Waals surface area contributed by atoms with E-state index >= 15 is 0 Å². The van der Waals surface area contributed by atoms with Gasteiger partial charge < -0.3 is 15.3 Å². The number of hydrogen-bond donors (Lipinski definition) is 2. The number of carboxylic acids is 1. The van der Waals surface area contributed by atoms with Crippen molar-refractivity contribution in [3.63, 3.8) is 0 Å².